The lowest BCUT2D eigenvalue weighted by Crippen LogP contribution is -1.90. The van der Waals surface area contributed by atoms with Gasteiger partial charge in [-0.05, 0) is 34.7 Å². The van der Waals surface area contributed by atoms with Crippen molar-refractivity contribution in [2.45, 2.75) is 0 Å². The van der Waals surface area contributed by atoms with E-state index in [2.05, 4.69) is 30.6 Å². The van der Waals surface area contributed by atoms with E-state index < -0.39 is 0 Å². The molecular weight excluding hydrogens is 216 g/mol. The first-order chi connectivity index (χ1) is 8.43. The smallest absolute Gasteiger partial charge is 0.198 e. The molecule has 0 aromatic carbocycles. The van der Waals surface area contributed by atoms with Crippen molar-refractivity contribution in [2.24, 2.45) is 0 Å². The van der Waals surface area contributed by atoms with Crippen LogP contribution in [0.25, 0.3) is 22.9 Å². The van der Waals surface area contributed by atoms with Gasteiger partial charge in [0.05, 0.1) is 11.4 Å². The molecule has 0 aliphatic rings. The molecule has 1 N–H and O–H groups in total. The van der Waals surface area contributed by atoms with E-state index in [1.165, 1.54) is 0 Å². The quantitative estimate of drug-likeness (QED) is 0.710. The molecule has 0 atom stereocenters. The second-order valence-corrected chi connectivity index (χ2v) is 3.37. The van der Waals surface area contributed by atoms with Gasteiger partial charge in [0.25, 0.3) is 0 Å². The van der Waals surface area contributed by atoms with E-state index in [1.54, 1.807) is 6.20 Å². The molecule has 17 heavy (non-hydrogen) atoms. The zero-order chi connectivity index (χ0) is 11.5. The molecule has 0 aliphatic carbocycles. The first-order valence-electron chi connectivity index (χ1n) is 5.06. The second kappa shape index (κ2) is 4.09. The Balaban J connectivity index is 2.06. The minimum Gasteiger partial charge on any atom is -0.255 e. The van der Waals surface area contributed by atoms with Crippen molar-refractivity contribution in [1.82, 2.24) is 30.6 Å². The molecule has 0 fully saturated rings. The molecule has 6 heteroatoms. The third kappa shape index (κ3) is 1.87. The number of hydrogen-bond acceptors (Lipinski definition) is 5. The number of hydrogen-bond donors (Lipinski definition) is 1. The first-order valence-corrected chi connectivity index (χ1v) is 5.06. The van der Waals surface area contributed by atoms with Crippen molar-refractivity contribution >= 4 is 0 Å². The van der Waals surface area contributed by atoms with Crippen molar-refractivity contribution in [3.8, 4) is 22.9 Å². The number of pyridine rings is 2. The van der Waals surface area contributed by atoms with Crippen LogP contribution < -0.4 is 0 Å². The summed E-state index contributed by atoms with van der Waals surface area (Å²) in [5, 5.41) is 13.5. The third-order valence-corrected chi connectivity index (χ3v) is 2.26. The molecule has 0 spiro atoms. The zero-order valence-electron chi connectivity index (χ0n) is 8.78. The van der Waals surface area contributed by atoms with Crippen LogP contribution in [0.15, 0.2) is 42.6 Å². The number of aromatic amines is 1. The van der Waals surface area contributed by atoms with Gasteiger partial charge in [0, 0.05) is 6.20 Å². The molecule has 3 heterocycles. The number of H-pyrrole nitrogens is 1. The minimum absolute atomic E-state index is 0.544. The van der Waals surface area contributed by atoms with E-state index in [-0.39, 0.29) is 0 Å². The molecule has 0 unspecified atom stereocenters. The van der Waals surface area contributed by atoms with Crippen molar-refractivity contribution in [1.29, 1.82) is 0 Å². The van der Waals surface area contributed by atoms with Gasteiger partial charge in [0.1, 0.15) is 5.69 Å². The van der Waals surface area contributed by atoms with E-state index in [0.717, 1.165) is 11.4 Å². The maximum Gasteiger partial charge on any atom is 0.198 e. The number of rotatable bonds is 2. The van der Waals surface area contributed by atoms with E-state index >= 15 is 0 Å². The van der Waals surface area contributed by atoms with E-state index in [1.807, 2.05) is 36.4 Å². The number of nitrogens with one attached hydrogen (secondary N) is 1. The summed E-state index contributed by atoms with van der Waals surface area (Å²) < 4.78 is 0. The Morgan fingerprint density at radius 2 is 1.76 bits per heavy atom. The van der Waals surface area contributed by atoms with Crippen LogP contribution in [0.3, 0.4) is 0 Å². The molecule has 0 saturated carbocycles. The fourth-order valence-electron chi connectivity index (χ4n) is 1.49. The highest BCUT2D eigenvalue weighted by Gasteiger charge is 2.06. The molecule has 3 aromatic rings. The van der Waals surface area contributed by atoms with Gasteiger partial charge in [-0.1, -0.05) is 12.1 Å². The van der Waals surface area contributed by atoms with Gasteiger partial charge in [0.15, 0.2) is 5.82 Å². The van der Waals surface area contributed by atoms with Crippen LogP contribution in [0.1, 0.15) is 0 Å². The normalized spacial score (nSPS) is 10.4. The number of tetrazole rings is 1. The van der Waals surface area contributed by atoms with Gasteiger partial charge in [-0.3, -0.25) is 4.98 Å². The topological polar surface area (TPSA) is 80.2 Å². The lowest BCUT2D eigenvalue weighted by molar-refractivity contribution is 0.881. The lowest BCUT2D eigenvalue weighted by Gasteiger charge is -2.00. The monoisotopic (exact) mass is 224 g/mol. The van der Waals surface area contributed by atoms with Gasteiger partial charge in [-0.2, -0.15) is 0 Å². The van der Waals surface area contributed by atoms with Crippen LogP contribution in [0.5, 0.6) is 0 Å². The van der Waals surface area contributed by atoms with Crippen LogP contribution in [-0.2, 0) is 0 Å². The lowest BCUT2D eigenvalue weighted by atomic mass is 10.2. The third-order valence-electron chi connectivity index (χ3n) is 2.26. The maximum absolute atomic E-state index is 4.45. The molecule has 0 aliphatic heterocycles. The summed E-state index contributed by atoms with van der Waals surface area (Å²) >= 11 is 0. The average molecular weight is 224 g/mol. The predicted octanol–water partition coefficient (Wildman–Crippen LogP) is 1.32. The van der Waals surface area contributed by atoms with Gasteiger partial charge in [-0.25, -0.2) is 10.1 Å². The Kier molecular flexibility index (Phi) is 2.31. The van der Waals surface area contributed by atoms with Crippen LogP contribution in [0, 0.1) is 0 Å². The van der Waals surface area contributed by atoms with Crippen molar-refractivity contribution in [3.63, 3.8) is 0 Å². The largest absolute Gasteiger partial charge is 0.255 e. The van der Waals surface area contributed by atoms with Crippen LogP contribution >= 0.6 is 0 Å². The molecule has 0 saturated heterocycles. The van der Waals surface area contributed by atoms with Gasteiger partial charge < -0.3 is 0 Å². The summed E-state index contributed by atoms with van der Waals surface area (Å²) in [6.45, 7) is 0. The summed E-state index contributed by atoms with van der Waals surface area (Å²) in [5.74, 6) is 0.544. The van der Waals surface area contributed by atoms with Crippen molar-refractivity contribution in [3.05, 3.63) is 42.6 Å². The minimum atomic E-state index is 0.544. The Morgan fingerprint density at radius 1 is 0.882 bits per heavy atom. The second-order valence-electron chi connectivity index (χ2n) is 3.37. The zero-order valence-corrected chi connectivity index (χ0v) is 8.78. The molecule has 0 radical (unpaired) electrons. The summed E-state index contributed by atoms with van der Waals surface area (Å²) in [5.41, 5.74) is 2.31. The van der Waals surface area contributed by atoms with Crippen LogP contribution in [0.4, 0.5) is 0 Å². The number of aromatic nitrogens is 6. The molecule has 82 valence electrons. The molecule has 0 bridgehead atoms. The molecule has 6 nitrogen and oxygen atoms in total. The summed E-state index contributed by atoms with van der Waals surface area (Å²) in [6, 6.07) is 11.3. The molecular formula is C11H8N6. The fourth-order valence-corrected chi connectivity index (χ4v) is 1.49. The average Bonchev–Trinajstić information content (AvgIpc) is 2.94. The van der Waals surface area contributed by atoms with Crippen molar-refractivity contribution in [2.75, 3.05) is 0 Å². The van der Waals surface area contributed by atoms with Crippen LogP contribution in [0.2, 0.25) is 0 Å². The Morgan fingerprint density at radius 3 is 2.53 bits per heavy atom. The first kappa shape index (κ1) is 9.59. The standard InChI is InChI=1S/C11H8N6/c1-2-7-12-8(4-1)9-5-3-6-10(13-9)11-14-16-17-15-11/h1-7H,(H,14,15,16,17). The highest BCUT2D eigenvalue weighted by molar-refractivity contribution is 5.59. The highest BCUT2D eigenvalue weighted by Crippen LogP contribution is 2.17. The van der Waals surface area contributed by atoms with Gasteiger partial charge in [-0.15, -0.1) is 5.10 Å². The highest BCUT2D eigenvalue weighted by atomic mass is 15.5. The Hall–Kier alpha value is -2.63. The number of nitrogens with zero attached hydrogens (tertiary/aromatic N) is 5. The summed E-state index contributed by atoms with van der Waals surface area (Å²) in [7, 11) is 0. The SMILES string of the molecule is c1ccc(-c2cccc(-c3nnn[nH]3)n2)nc1. The van der Waals surface area contributed by atoms with Crippen LogP contribution in [-0.4, -0.2) is 30.6 Å². The predicted molar refractivity (Wildman–Crippen MR) is 60.6 cm³/mol. The summed E-state index contributed by atoms with van der Waals surface area (Å²) in [4.78, 5) is 8.70. The Labute approximate surface area is 96.8 Å². The molecule has 3 aromatic heterocycles. The molecule has 0 amide bonds. The fraction of sp³-hybridized carbons (Fsp3) is 0. The van der Waals surface area contributed by atoms with Crippen molar-refractivity contribution < 1.29 is 0 Å². The molecule has 3 rings (SSSR count). The Bertz CT molecular complexity index is 605. The summed E-state index contributed by atoms with van der Waals surface area (Å²) in [6.07, 6.45) is 1.74. The van der Waals surface area contributed by atoms with Gasteiger partial charge in [0.2, 0.25) is 0 Å². The van der Waals surface area contributed by atoms with E-state index in [9.17, 15) is 0 Å². The van der Waals surface area contributed by atoms with E-state index in [0.29, 0.717) is 11.5 Å². The van der Waals surface area contributed by atoms with Gasteiger partial charge >= 0.3 is 0 Å². The van der Waals surface area contributed by atoms with E-state index in [4.69, 9.17) is 0 Å². The maximum atomic E-state index is 4.45.